The summed E-state index contributed by atoms with van der Waals surface area (Å²) in [4.78, 5) is 0. The highest BCUT2D eigenvalue weighted by atomic mass is 14.5. The van der Waals surface area contributed by atoms with Crippen LogP contribution in [0.15, 0.2) is 73.3 Å². The molecule has 0 aromatic heterocycles. The van der Waals surface area contributed by atoms with E-state index >= 15 is 0 Å². The quantitative estimate of drug-likeness (QED) is 0.556. The third-order valence-corrected chi connectivity index (χ3v) is 5.78. The first-order valence-electron chi connectivity index (χ1n) is 8.21. The summed E-state index contributed by atoms with van der Waals surface area (Å²) in [6, 6.07) is 24.6. The highest BCUT2D eigenvalue weighted by molar-refractivity contribution is 5.75. The van der Waals surface area contributed by atoms with Crippen molar-refractivity contribution in [1.29, 1.82) is 0 Å². The van der Waals surface area contributed by atoms with E-state index in [4.69, 9.17) is 0 Å². The lowest BCUT2D eigenvalue weighted by molar-refractivity contribution is 0.592. The minimum Gasteiger partial charge on any atom is -0.0985 e. The number of hydrogen-bond donors (Lipinski definition) is 0. The van der Waals surface area contributed by atoms with Gasteiger partial charge in [-0.3, -0.25) is 0 Å². The van der Waals surface area contributed by atoms with E-state index in [9.17, 15) is 0 Å². The van der Waals surface area contributed by atoms with E-state index in [1.54, 1.807) is 0 Å². The smallest absolute Gasteiger partial charge is 0.0438 e. The van der Waals surface area contributed by atoms with Crippen LogP contribution in [0.4, 0.5) is 0 Å². The Labute approximate surface area is 137 Å². The molecule has 0 spiro atoms. The zero-order chi connectivity index (χ0) is 15.6. The molecule has 0 fully saturated rings. The third-order valence-electron chi connectivity index (χ3n) is 5.78. The Balaban J connectivity index is 2.00. The van der Waals surface area contributed by atoms with Crippen LogP contribution in [0.25, 0.3) is 6.08 Å². The van der Waals surface area contributed by atoms with Gasteiger partial charge in [0.2, 0.25) is 0 Å². The largest absolute Gasteiger partial charge is 0.0985 e. The van der Waals surface area contributed by atoms with Crippen LogP contribution in [0.3, 0.4) is 0 Å². The summed E-state index contributed by atoms with van der Waals surface area (Å²) >= 11 is 0. The predicted molar refractivity (Wildman–Crippen MR) is 95.9 cm³/mol. The van der Waals surface area contributed by atoms with Gasteiger partial charge in [-0.1, -0.05) is 79.4 Å². The van der Waals surface area contributed by atoms with Crippen LogP contribution in [0.5, 0.6) is 0 Å². The fraction of sp³-hybridized carbons (Fsp3) is 0.130. The summed E-state index contributed by atoms with van der Waals surface area (Å²) in [6.07, 6.45) is 2.01. The normalized spacial score (nSPS) is 22.9. The highest BCUT2D eigenvalue weighted by Gasteiger charge is 2.49. The standard InChI is InChI=1S/C23H18/c1-3-15-9-8-12-18-21-16-10-4-6-13-19(16)23(2,22(15)18)20-14-7-5-11-17(20)21/h3-14,21H,1H2,2H3. The minimum atomic E-state index is -0.0952. The highest BCUT2D eigenvalue weighted by Crippen LogP contribution is 2.59. The molecule has 0 amide bonds. The van der Waals surface area contributed by atoms with Gasteiger partial charge in [0.1, 0.15) is 0 Å². The zero-order valence-electron chi connectivity index (χ0n) is 13.2. The molecule has 0 N–H and O–H groups in total. The Morgan fingerprint density at radius 2 is 1.35 bits per heavy atom. The Hall–Kier alpha value is -2.60. The Morgan fingerprint density at radius 1 is 0.783 bits per heavy atom. The molecular weight excluding hydrogens is 276 g/mol. The maximum Gasteiger partial charge on any atom is 0.0438 e. The van der Waals surface area contributed by atoms with Gasteiger partial charge in [-0.15, -0.1) is 0 Å². The van der Waals surface area contributed by atoms with Gasteiger partial charge in [-0.25, -0.2) is 0 Å². The number of hydrogen-bond acceptors (Lipinski definition) is 0. The Kier molecular flexibility index (Phi) is 2.37. The van der Waals surface area contributed by atoms with Crippen LogP contribution in [0.1, 0.15) is 51.8 Å². The van der Waals surface area contributed by atoms with Crippen molar-refractivity contribution < 1.29 is 0 Å². The van der Waals surface area contributed by atoms with E-state index in [0.717, 1.165) is 0 Å². The molecule has 0 aliphatic heterocycles. The van der Waals surface area contributed by atoms with Crippen molar-refractivity contribution in [2.24, 2.45) is 0 Å². The maximum absolute atomic E-state index is 4.07. The second kappa shape index (κ2) is 4.23. The first-order valence-corrected chi connectivity index (χ1v) is 8.21. The first-order chi connectivity index (χ1) is 11.3. The van der Waals surface area contributed by atoms with Gasteiger partial charge in [0.05, 0.1) is 0 Å². The average Bonchev–Trinajstić information content (AvgIpc) is 2.62. The summed E-state index contributed by atoms with van der Waals surface area (Å²) in [6.45, 7) is 6.45. The van der Waals surface area contributed by atoms with Gasteiger partial charge < -0.3 is 0 Å². The fourth-order valence-corrected chi connectivity index (χ4v) is 4.90. The summed E-state index contributed by atoms with van der Waals surface area (Å²) in [5.74, 6) is 0.346. The van der Waals surface area contributed by atoms with Crippen molar-refractivity contribution in [3.8, 4) is 0 Å². The van der Waals surface area contributed by atoms with Crippen LogP contribution in [0.2, 0.25) is 0 Å². The molecular formula is C23H18. The Morgan fingerprint density at radius 3 is 1.96 bits per heavy atom. The molecule has 3 aromatic rings. The van der Waals surface area contributed by atoms with Crippen molar-refractivity contribution in [3.63, 3.8) is 0 Å². The average molecular weight is 294 g/mol. The van der Waals surface area contributed by atoms with Gasteiger partial charge >= 0.3 is 0 Å². The van der Waals surface area contributed by atoms with E-state index < -0.39 is 0 Å². The van der Waals surface area contributed by atoms with Crippen molar-refractivity contribution in [2.45, 2.75) is 18.3 Å². The molecule has 6 rings (SSSR count). The van der Waals surface area contributed by atoms with Crippen LogP contribution < -0.4 is 0 Å². The van der Waals surface area contributed by atoms with Crippen LogP contribution in [0, 0.1) is 0 Å². The second-order valence-electron chi connectivity index (χ2n) is 6.75. The molecule has 0 unspecified atom stereocenters. The lowest BCUT2D eigenvalue weighted by Crippen LogP contribution is -2.40. The minimum absolute atomic E-state index is 0.0952. The van der Waals surface area contributed by atoms with Gasteiger partial charge in [0.25, 0.3) is 0 Å². The van der Waals surface area contributed by atoms with Crippen LogP contribution >= 0.6 is 0 Å². The lowest BCUT2D eigenvalue weighted by Gasteiger charge is -2.49. The van der Waals surface area contributed by atoms with E-state index in [-0.39, 0.29) is 5.41 Å². The topological polar surface area (TPSA) is 0 Å². The van der Waals surface area contributed by atoms with E-state index in [2.05, 4.69) is 80.2 Å². The van der Waals surface area contributed by atoms with E-state index in [1.165, 1.54) is 38.9 Å². The summed E-state index contributed by atoms with van der Waals surface area (Å²) in [5.41, 5.74) is 9.88. The van der Waals surface area contributed by atoms with Crippen LogP contribution in [-0.4, -0.2) is 0 Å². The molecule has 0 saturated heterocycles. The maximum atomic E-state index is 4.07. The molecule has 110 valence electrons. The number of rotatable bonds is 1. The molecule has 0 heterocycles. The predicted octanol–water partition coefficient (Wildman–Crippen LogP) is 5.49. The molecule has 2 bridgehead atoms. The molecule has 0 radical (unpaired) electrons. The molecule has 3 aliphatic rings. The summed E-state index contributed by atoms with van der Waals surface area (Å²) in [7, 11) is 0. The second-order valence-corrected chi connectivity index (χ2v) is 6.75. The van der Waals surface area contributed by atoms with Gasteiger partial charge in [0.15, 0.2) is 0 Å². The molecule has 0 saturated carbocycles. The van der Waals surface area contributed by atoms with Crippen molar-refractivity contribution in [2.75, 3.05) is 0 Å². The third kappa shape index (κ3) is 1.37. The number of benzene rings is 3. The molecule has 23 heavy (non-hydrogen) atoms. The summed E-state index contributed by atoms with van der Waals surface area (Å²) in [5, 5.41) is 0. The van der Waals surface area contributed by atoms with Gasteiger partial charge in [0, 0.05) is 11.3 Å². The lowest BCUT2D eigenvalue weighted by atomic mass is 9.53. The first kappa shape index (κ1) is 12.9. The van der Waals surface area contributed by atoms with Crippen molar-refractivity contribution in [1.82, 2.24) is 0 Å². The molecule has 0 atom stereocenters. The van der Waals surface area contributed by atoms with Crippen molar-refractivity contribution in [3.05, 3.63) is 112 Å². The van der Waals surface area contributed by atoms with Gasteiger partial charge in [-0.2, -0.15) is 0 Å². The fourth-order valence-electron chi connectivity index (χ4n) is 4.90. The molecule has 3 aromatic carbocycles. The monoisotopic (exact) mass is 294 g/mol. The molecule has 0 heteroatoms. The summed E-state index contributed by atoms with van der Waals surface area (Å²) < 4.78 is 0. The molecule has 3 aliphatic carbocycles. The van der Waals surface area contributed by atoms with Crippen molar-refractivity contribution >= 4 is 6.08 Å². The SMILES string of the molecule is C=Cc1cccc2c1C1(C)c3ccccc3C2c2ccccc21. The zero-order valence-corrected chi connectivity index (χ0v) is 13.2. The Bertz CT molecular complexity index is 914. The van der Waals surface area contributed by atoms with E-state index in [1.807, 2.05) is 6.08 Å². The van der Waals surface area contributed by atoms with Gasteiger partial charge in [-0.05, 0) is 45.9 Å². The molecule has 0 nitrogen and oxygen atoms in total. The van der Waals surface area contributed by atoms with Crippen LogP contribution in [-0.2, 0) is 5.41 Å². The van der Waals surface area contributed by atoms with E-state index in [0.29, 0.717) is 5.92 Å².